The molecule has 0 bridgehead atoms. The Kier molecular flexibility index (Phi) is 3.77. The summed E-state index contributed by atoms with van der Waals surface area (Å²) in [4.78, 5) is 11.4. The summed E-state index contributed by atoms with van der Waals surface area (Å²) in [6.45, 7) is 4.46. The predicted molar refractivity (Wildman–Crippen MR) is 51.0 cm³/mol. The minimum absolute atomic E-state index is 0.418. The van der Waals surface area contributed by atoms with Gasteiger partial charge >= 0.3 is 0 Å². The molecule has 0 aliphatic heterocycles. The van der Waals surface area contributed by atoms with Crippen molar-refractivity contribution in [2.45, 2.75) is 52.4 Å². The third kappa shape index (κ3) is 2.96. The largest absolute Gasteiger partial charge is 0.299 e. The Balaban J connectivity index is 2.25. The summed E-state index contributed by atoms with van der Waals surface area (Å²) in [6.07, 6.45) is 6.77. The first-order valence-corrected chi connectivity index (χ1v) is 5.23. The highest BCUT2D eigenvalue weighted by molar-refractivity contribution is 5.81. The SMILES string of the molecule is CC(C)CC[C@H]1CCCCC1=O. The predicted octanol–water partition coefficient (Wildman–Crippen LogP) is 3.18. The summed E-state index contributed by atoms with van der Waals surface area (Å²) < 4.78 is 0. The Morgan fingerprint density at radius 2 is 2.17 bits per heavy atom. The van der Waals surface area contributed by atoms with E-state index in [1.807, 2.05) is 0 Å². The second-order valence-corrected chi connectivity index (χ2v) is 4.38. The Hall–Kier alpha value is -0.330. The van der Waals surface area contributed by atoms with E-state index in [4.69, 9.17) is 0 Å². The molecular formula is C11H20O. The van der Waals surface area contributed by atoms with Crippen molar-refractivity contribution < 1.29 is 4.79 Å². The van der Waals surface area contributed by atoms with Gasteiger partial charge in [-0.3, -0.25) is 4.79 Å². The van der Waals surface area contributed by atoms with Crippen LogP contribution in [0.1, 0.15) is 52.4 Å². The van der Waals surface area contributed by atoms with Gasteiger partial charge in [0.15, 0.2) is 0 Å². The van der Waals surface area contributed by atoms with Gasteiger partial charge in [0.1, 0.15) is 5.78 Å². The molecule has 1 saturated carbocycles. The molecule has 1 fully saturated rings. The van der Waals surface area contributed by atoms with Crippen LogP contribution >= 0.6 is 0 Å². The fraction of sp³-hybridized carbons (Fsp3) is 0.909. The van der Waals surface area contributed by atoms with Crippen LogP contribution in [-0.2, 0) is 4.79 Å². The van der Waals surface area contributed by atoms with E-state index >= 15 is 0 Å². The number of carbonyl (C=O) groups excluding carboxylic acids is 1. The van der Waals surface area contributed by atoms with Crippen LogP contribution in [0.15, 0.2) is 0 Å². The molecule has 0 unspecified atom stereocenters. The number of carbonyl (C=O) groups is 1. The van der Waals surface area contributed by atoms with E-state index in [2.05, 4.69) is 13.8 Å². The normalized spacial score (nSPS) is 24.9. The van der Waals surface area contributed by atoms with E-state index in [1.165, 1.54) is 12.8 Å². The van der Waals surface area contributed by atoms with Crippen molar-refractivity contribution in [3.05, 3.63) is 0 Å². The second-order valence-electron chi connectivity index (χ2n) is 4.38. The summed E-state index contributed by atoms with van der Waals surface area (Å²) >= 11 is 0. The van der Waals surface area contributed by atoms with Crippen molar-refractivity contribution in [1.82, 2.24) is 0 Å². The smallest absolute Gasteiger partial charge is 0.135 e. The molecule has 1 rings (SSSR count). The van der Waals surface area contributed by atoms with Crippen LogP contribution in [0.5, 0.6) is 0 Å². The van der Waals surface area contributed by atoms with Gasteiger partial charge in [0.2, 0.25) is 0 Å². The van der Waals surface area contributed by atoms with Crippen molar-refractivity contribution >= 4 is 5.78 Å². The summed E-state index contributed by atoms with van der Waals surface area (Å²) in [7, 11) is 0. The van der Waals surface area contributed by atoms with Crippen LogP contribution in [0.4, 0.5) is 0 Å². The Bertz CT molecular complexity index is 149. The molecule has 0 N–H and O–H groups in total. The quantitative estimate of drug-likeness (QED) is 0.632. The van der Waals surface area contributed by atoms with Gasteiger partial charge in [0.25, 0.3) is 0 Å². The van der Waals surface area contributed by atoms with Crippen LogP contribution in [0.3, 0.4) is 0 Å². The standard InChI is InChI=1S/C11H20O/c1-9(2)7-8-10-5-3-4-6-11(10)12/h9-10H,3-8H2,1-2H3/t10-/m1/s1. The Labute approximate surface area is 75.5 Å². The van der Waals surface area contributed by atoms with E-state index in [0.29, 0.717) is 11.7 Å². The van der Waals surface area contributed by atoms with Crippen molar-refractivity contribution in [3.63, 3.8) is 0 Å². The highest BCUT2D eigenvalue weighted by atomic mass is 16.1. The molecule has 0 amide bonds. The molecule has 0 radical (unpaired) electrons. The van der Waals surface area contributed by atoms with Crippen LogP contribution in [0.2, 0.25) is 0 Å². The Morgan fingerprint density at radius 3 is 2.75 bits per heavy atom. The average Bonchev–Trinajstić information content (AvgIpc) is 2.03. The van der Waals surface area contributed by atoms with Gasteiger partial charge in [-0.25, -0.2) is 0 Å². The topological polar surface area (TPSA) is 17.1 Å². The second kappa shape index (κ2) is 4.64. The van der Waals surface area contributed by atoms with Gasteiger partial charge in [0.05, 0.1) is 0 Å². The molecule has 0 saturated heterocycles. The number of Topliss-reactive ketones (excluding diaryl/α,β-unsaturated/α-hetero) is 1. The highest BCUT2D eigenvalue weighted by Crippen LogP contribution is 2.25. The molecule has 0 spiro atoms. The number of hydrogen-bond donors (Lipinski definition) is 0. The molecule has 1 aliphatic carbocycles. The lowest BCUT2D eigenvalue weighted by atomic mass is 9.83. The van der Waals surface area contributed by atoms with E-state index < -0.39 is 0 Å². The number of ketones is 1. The molecule has 70 valence electrons. The Morgan fingerprint density at radius 1 is 1.42 bits per heavy atom. The van der Waals surface area contributed by atoms with Gasteiger partial charge in [-0.15, -0.1) is 0 Å². The van der Waals surface area contributed by atoms with Gasteiger partial charge < -0.3 is 0 Å². The first-order valence-electron chi connectivity index (χ1n) is 5.23. The molecule has 1 nitrogen and oxygen atoms in total. The molecule has 0 aromatic carbocycles. The molecule has 0 aromatic heterocycles. The van der Waals surface area contributed by atoms with Gasteiger partial charge in [-0.2, -0.15) is 0 Å². The van der Waals surface area contributed by atoms with E-state index in [-0.39, 0.29) is 0 Å². The minimum Gasteiger partial charge on any atom is -0.299 e. The molecule has 1 atom stereocenters. The fourth-order valence-corrected chi connectivity index (χ4v) is 1.89. The average molecular weight is 168 g/mol. The van der Waals surface area contributed by atoms with Crippen LogP contribution in [-0.4, -0.2) is 5.78 Å². The van der Waals surface area contributed by atoms with E-state index in [0.717, 1.165) is 31.6 Å². The summed E-state index contributed by atoms with van der Waals surface area (Å²) in [5.74, 6) is 1.70. The molecule has 0 heterocycles. The lowest BCUT2D eigenvalue weighted by Crippen LogP contribution is -2.19. The van der Waals surface area contributed by atoms with E-state index in [1.54, 1.807) is 0 Å². The maximum Gasteiger partial charge on any atom is 0.135 e. The van der Waals surface area contributed by atoms with E-state index in [9.17, 15) is 4.79 Å². The lowest BCUT2D eigenvalue weighted by Gasteiger charge is -2.20. The first kappa shape index (κ1) is 9.76. The van der Waals surface area contributed by atoms with Gasteiger partial charge in [0, 0.05) is 12.3 Å². The summed E-state index contributed by atoms with van der Waals surface area (Å²) in [5.41, 5.74) is 0. The summed E-state index contributed by atoms with van der Waals surface area (Å²) in [6, 6.07) is 0. The van der Waals surface area contributed by atoms with Gasteiger partial charge in [-0.1, -0.05) is 26.7 Å². The van der Waals surface area contributed by atoms with Crippen molar-refractivity contribution in [3.8, 4) is 0 Å². The van der Waals surface area contributed by atoms with Crippen LogP contribution < -0.4 is 0 Å². The third-order valence-electron chi connectivity index (χ3n) is 2.77. The molecule has 1 heteroatoms. The zero-order valence-electron chi connectivity index (χ0n) is 8.31. The fourth-order valence-electron chi connectivity index (χ4n) is 1.89. The monoisotopic (exact) mass is 168 g/mol. The van der Waals surface area contributed by atoms with Crippen LogP contribution in [0, 0.1) is 11.8 Å². The zero-order valence-corrected chi connectivity index (χ0v) is 8.31. The summed E-state index contributed by atoms with van der Waals surface area (Å²) in [5, 5.41) is 0. The van der Waals surface area contributed by atoms with Gasteiger partial charge in [-0.05, 0) is 25.2 Å². The maximum absolute atomic E-state index is 11.4. The number of rotatable bonds is 3. The molecule has 1 aliphatic rings. The van der Waals surface area contributed by atoms with Crippen molar-refractivity contribution in [2.24, 2.45) is 11.8 Å². The molecule has 0 aromatic rings. The third-order valence-corrected chi connectivity index (χ3v) is 2.77. The lowest BCUT2D eigenvalue weighted by molar-refractivity contribution is -0.124. The van der Waals surface area contributed by atoms with Crippen molar-refractivity contribution in [2.75, 3.05) is 0 Å². The van der Waals surface area contributed by atoms with Crippen molar-refractivity contribution in [1.29, 1.82) is 0 Å². The maximum atomic E-state index is 11.4. The first-order chi connectivity index (χ1) is 5.70. The zero-order chi connectivity index (χ0) is 8.97. The molecule has 12 heavy (non-hydrogen) atoms. The molecular weight excluding hydrogens is 148 g/mol. The highest BCUT2D eigenvalue weighted by Gasteiger charge is 2.21. The minimum atomic E-state index is 0.418. The number of hydrogen-bond acceptors (Lipinski definition) is 1. The van der Waals surface area contributed by atoms with Crippen LogP contribution in [0.25, 0.3) is 0 Å².